The summed E-state index contributed by atoms with van der Waals surface area (Å²) in [4.78, 5) is 15.3. The SMILES string of the molecule is CCOC(=O)c1cn(-c2cccnc2)nn1. The zero-order valence-electron chi connectivity index (χ0n) is 8.70. The van der Waals surface area contributed by atoms with Crippen LogP contribution in [0.2, 0.25) is 0 Å². The highest BCUT2D eigenvalue weighted by Gasteiger charge is 2.11. The van der Waals surface area contributed by atoms with Gasteiger partial charge in [0.2, 0.25) is 0 Å². The van der Waals surface area contributed by atoms with E-state index in [9.17, 15) is 4.79 Å². The molecule has 82 valence electrons. The molecular weight excluding hydrogens is 208 g/mol. The summed E-state index contributed by atoms with van der Waals surface area (Å²) in [7, 11) is 0. The quantitative estimate of drug-likeness (QED) is 0.714. The molecule has 0 amide bonds. The van der Waals surface area contributed by atoms with Gasteiger partial charge in [0.05, 0.1) is 24.7 Å². The number of rotatable bonds is 3. The standard InChI is InChI=1S/C10H10N4O2/c1-2-16-10(15)9-7-14(13-12-9)8-4-3-5-11-6-8/h3-7H,2H2,1H3. The molecule has 0 fully saturated rings. The van der Waals surface area contributed by atoms with Crippen molar-refractivity contribution >= 4 is 5.97 Å². The van der Waals surface area contributed by atoms with Crippen molar-refractivity contribution in [2.75, 3.05) is 6.61 Å². The first kappa shape index (κ1) is 10.3. The smallest absolute Gasteiger partial charge is 0.360 e. The molecule has 0 saturated carbocycles. The number of carbonyl (C=O) groups is 1. The Balaban J connectivity index is 2.23. The monoisotopic (exact) mass is 218 g/mol. The molecule has 2 aromatic rings. The summed E-state index contributed by atoms with van der Waals surface area (Å²) < 4.78 is 6.28. The van der Waals surface area contributed by atoms with Gasteiger partial charge in [-0.15, -0.1) is 5.10 Å². The van der Waals surface area contributed by atoms with Crippen LogP contribution in [0.3, 0.4) is 0 Å². The van der Waals surface area contributed by atoms with Crippen molar-refractivity contribution in [2.45, 2.75) is 6.92 Å². The first-order valence-electron chi connectivity index (χ1n) is 4.81. The van der Waals surface area contributed by atoms with Gasteiger partial charge >= 0.3 is 5.97 Å². The first-order chi connectivity index (χ1) is 7.81. The Hall–Kier alpha value is -2.24. The fourth-order valence-corrected chi connectivity index (χ4v) is 1.18. The van der Waals surface area contributed by atoms with Gasteiger partial charge in [0.1, 0.15) is 0 Å². The van der Waals surface area contributed by atoms with Crippen LogP contribution in [0.4, 0.5) is 0 Å². The maximum atomic E-state index is 11.3. The minimum absolute atomic E-state index is 0.186. The van der Waals surface area contributed by atoms with Crippen molar-refractivity contribution in [2.24, 2.45) is 0 Å². The maximum absolute atomic E-state index is 11.3. The van der Waals surface area contributed by atoms with Gasteiger partial charge in [-0.2, -0.15) is 0 Å². The number of ether oxygens (including phenoxy) is 1. The number of pyridine rings is 1. The summed E-state index contributed by atoms with van der Waals surface area (Å²) in [5, 5.41) is 7.54. The largest absolute Gasteiger partial charge is 0.461 e. The van der Waals surface area contributed by atoms with Crippen LogP contribution in [0.15, 0.2) is 30.7 Å². The number of hydrogen-bond acceptors (Lipinski definition) is 5. The van der Waals surface area contributed by atoms with E-state index in [1.165, 1.54) is 10.9 Å². The van der Waals surface area contributed by atoms with Crippen LogP contribution < -0.4 is 0 Å². The lowest BCUT2D eigenvalue weighted by Gasteiger charge is -1.97. The van der Waals surface area contributed by atoms with Crippen LogP contribution in [0.25, 0.3) is 5.69 Å². The van der Waals surface area contributed by atoms with Crippen LogP contribution in [0.1, 0.15) is 17.4 Å². The third-order valence-electron chi connectivity index (χ3n) is 1.89. The summed E-state index contributed by atoms with van der Waals surface area (Å²) in [5.41, 5.74) is 0.927. The number of esters is 1. The van der Waals surface area contributed by atoms with Crippen molar-refractivity contribution in [3.8, 4) is 5.69 Å². The molecule has 0 aromatic carbocycles. The highest BCUT2D eigenvalue weighted by molar-refractivity contribution is 5.86. The van der Waals surface area contributed by atoms with E-state index in [2.05, 4.69) is 15.3 Å². The molecule has 0 radical (unpaired) electrons. The van der Waals surface area contributed by atoms with Gasteiger partial charge in [0, 0.05) is 6.20 Å². The Labute approximate surface area is 91.9 Å². The number of aromatic nitrogens is 4. The van der Waals surface area contributed by atoms with Crippen LogP contribution in [0, 0.1) is 0 Å². The average Bonchev–Trinajstić information content (AvgIpc) is 2.80. The number of carbonyl (C=O) groups excluding carboxylic acids is 1. The van der Waals surface area contributed by atoms with Gasteiger partial charge in [0.15, 0.2) is 5.69 Å². The van der Waals surface area contributed by atoms with Crippen molar-refractivity contribution in [3.63, 3.8) is 0 Å². The van der Waals surface area contributed by atoms with Gasteiger partial charge in [-0.1, -0.05) is 5.21 Å². The molecule has 0 aliphatic carbocycles. The van der Waals surface area contributed by atoms with Crippen molar-refractivity contribution in [1.82, 2.24) is 20.0 Å². The molecule has 2 rings (SSSR count). The Bertz CT molecular complexity index is 481. The fraction of sp³-hybridized carbons (Fsp3) is 0.200. The van der Waals surface area contributed by atoms with Crippen molar-refractivity contribution in [3.05, 3.63) is 36.4 Å². The van der Waals surface area contributed by atoms with E-state index in [0.717, 1.165) is 5.69 Å². The molecular formula is C10H10N4O2. The lowest BCUT2D eigenvalue weighted by Crippen LogP contribution is -2.04. The summed E-state index contributed by atoms with van der Waals surface area (Å²) in [6, 6.07) is 3.59. The molecule has 0 aliphatic rings. The molecule has 0 N–H and O–H groups in total. The molecule has 6 heteroatoms. The molecule has 0 saturated heterocycles. The van der Waals surface area contributed by atoms with Crippen LogP contribution in [-0.2, 0) is 4.74 Å². The molecule has 0 unspecified atom stereocenters. The normalized spacial score (nSPS) is 10.1. The molecule has 0 atom stereocenters. The second kappa shape index (κ2) is 4.52. The van der Waals surface area contributed by atoms with Gasteiger partial charge in [0.25, 0.3) is 0 Å². The maximum Gasteiger partial charge on any atom is 0.360 e. The number of hydrogen-bond donors (Lipinski definition) is 0. The second-order valence-corrected chi connectivity index (χ2v) is 2.98. The molecule has 0 spiro atoms. The Morgan fingerprint density at radius 3 is 3.12 bits per heavy atom. The van der Waals surface area contributed by atoms with E-state index in [-0.39, 0.29) is 5.69 Å². The summed E-state index contributed by atoms with van der Waals surface area (Å²) in [6.45, 7) is 2.06. The molecule has 6 nitrogen and oxygen atoms in total. The van der Waals surface area contributed by atoms with E-state index in [1.807, 2.05) is 6.07 Å². The highest BCUT2D eigenvalue weighted by atomic mass is 16.5. The molecule has 2 aromatic heterocycles. The highest BCUT2D eigenvalue weighted by Crippen LogP contribution is 2.04. The minimum Gasteiger partial charge on any atom is -0.461 e. The van der Waals surface area contributed by atoms with Gasteiger partial charge in [-0.05, 0) is 19.1 Å². The molecule has 16 heavy (non-hydrogen) atoms. The van der Waals surface area contributed by atoms with E-state index in [0.29, 0.717) is 6.61 Å². The first-order valence-corrected chi connectivity index (χ1v) is 4.81. The van der Waals surface area contributed by atoms with E-state index in [1.54, 1.807) is 25.4 Å². The number of nitrogens with zero attached hydrogens (tertiary/aromatic N) is 4. The zero-order valence-corrected chi connectivity index (χ0v) is 8.70. The third-order valence-corrected chi connectivity index (χ3v) is 1.89. The lowest BCUT2D eigenvalue weighted by atomic mass is 10.4. The Morgan fingerprint density at radius 2 is 2.44 bits per heavy atom. The predicted molar refractivity (Wildman–Crippen MR) is 55.1 cm³/mol. The second-order valence-electron chi connectivity index (χ2n) is 2.98. The average molecular weight is 218 g/mol. The van der Waals surface area contributed by atoms with E-state index in [4.69, 9.17) is 4.74 Å². The van der Waals surface area contributed by atoms with Gasteiger partial charge in [-0.3, -0.25) is 4.98 Å². The van der Waals surface area contributed by atoms with E-state index < -0.39 is 5.97 Å². The van der Waals surface area contributed by atoms with Crippen molar-refractivity contribution in [1.29, 1.82) is 0 Å². The zero-order chi connectivity index (χ0) is 11.4. The Morgan fingerprint density at radius 1 is 1.56 bits per heavy atom. The lowest BCUT2D eigenvalue weighted by molar-refractivity contribution is 0.0519. The molecule has 0 aliphatic heterocycles. The van der Waals surface area contributed by atoms with Crippen LogP contribution >= 0.6 is 0 Å². The van der Waals surface area contributed by atoms with Crippen molar-refractivity contribution < 1.29 is 9.53 Å². The predicted octanol–water partition coefficient (Wildman–Crippen LogP) is 0.839. The Kier molecular flexibility index (Phi) is 2.90. The fourth-order valence-electron chi connectivity index (χ4n) is 1.18. The summed E-state index contributed by atoms with van der Waals surface area (Å²) in [5.74, 6) is -0.474. The van der Waals surface area contributed by atoms with E-state index >= 15 is 0 Å². The molecule has 0 bridgehead atoms. The van der Waals surface area contributed by atoms with Crippen LogP contribution in [0.5, 0.6) is 0 Å². The van der Waals surface area contributed by atoms with Gasteiger partial charge < -0.3 is 4.74 Å². The minimum atomic E-state index is -0.474. The summed E-state index contributed by atoms with van der Waals surface area (Å²) >= 11 is 0. The molecule has 2 heterocycles. The topological polar surface area (TPSA) is 69.9 Å². The van der Waals surface area contributed by atoms with Crippen LogP contribution in [-0.4, -0.2) is 32.6 Å². The van der Waals surface area contributed by atoms with Gasteiger partial charge in [-0.25, -0.2) is 9.48 Å². The summed E-state index contributed by atoms with van der Waals surface area (Å²) in [6.07, 6.45) is 4.80. The third kappa shape index (κ3) is 2.05.